The van der Waals surface area contributed by atoms with Crippen LogP contribution < -0.4 is 11.2 Å². The number of ether oxygens (including phenoxy) is 1. The second kappa shape index (κ2) is 6.05. The van der Waals surface area contributed by atoms with Crippen LogP contribution in [0, 0.1) is 12.3 Å². The van der Waals surface area contributed by atoms with E-state index in [1.165, 1.54) is 22.1 Å². The van der Waals surface area contributed by atoms with Gasteiger partial charge in [0.1, 0.15) is 4.83 Å². The van der Waals surface area contributed by atoms with Crippen molar-refractivity contribution in [3.63, 3.8) is 0 Å². The predicted octanol–water partition coefficient (Wildman–Crippen LogP) is 2.29. The van der Waals surface area contributed by atoms with Crippen LogP contribution >= 0.6 is 11.3 Å². The van der Waals surface area contributed by atoms with Gasteiger partial charge in [-0.05, 0) is 39.2 Å². The summed E-state index contributed by atoms with van der Waals surface area (Å²) in [6, 6.07) is -0.210. The van der Waals surface area contributed by atoms with E-state index < -0.39 is 0 Å². The van der Waals surface area contributed by atoms with Crippen LogP contribution in [0.4, 0.5) is 0 Å². The molecule has 3 rings (SSSR count). The first kappa shape index (κ1) is 16.1. The van der Waals surface area contributed by atoms with Crippen molar-refractivity contribution in [1.29, 1.82) is 5.41 Å². The monoisotopic (exact) mass is 335 g/mol. The molecule has 0 bridgehead atoms. The highest BCUT2D eigenvalue weighted by Gasteiger charge is 2.24. The maximum absolute atomic E-state index is 12.9. The Kier molecular flexibility index (Phi) is 4.25. The van der Waals surface area contributed by atoms with Crippen molar-refractivity contribution >= 4 is 27.8 Å². The van der Waals surface area contributed by atoms with Crippen LogP contribution in [0.3, 0.4) is 0 Å². The van der Waals surface area contributed by atoms with Crippen LogP contribution in [0.2, 0.25) is 0 Å². The van der Waals surface area contributed by atoms with Gasteiger partial charge in [-0.15, -0.1) is 11.3 Å². The van der Waals surface area contributed by atoms with Gasteiger partial charge in [-0.2, -0.15) is 0 Å². The molecule has 0 amide bonds. The number of thiophene rings is 1. The lowest BCUT2D eigenvalue weighted by Crippen LogP contribution is -2.42. The third-order valence-corrected chi connectivity index (χ3v) is 5.60. The molecule has 7 heteroatoms. The summed E-state index contributed by atoms with van der Waals surface area (Å²) in [7, 11) is 0. The number of fused-ring (bicyclic) bond motifs is 1. The fraction of sp³-hybridized carbons (Fsp3) is 0.562. The van der Waals surface area contributed by atoms with Crippen LogP contribution in [-0.4, -0.2) is 28.1 Å². The molecule has 2 aromatic rings. The molecule has 0 aliphatic carbocycles. The standard InChI is InChI=1S/C16H21N3O3S/c1-9(2)19-14(20)13-10(3)12(7-17)23-15(13)18(16(19)21)8-11-5-4-6-22-11/h7,9,11,17H,4-6,8H2,1-3H3. The number of hydrogen-bond acceptors (Lipinski definition) is 5. The predicted molar refractivity (Wildman–Crippen MR) is 92.3 cm³/mol. The van der Waals surface area contributed by atoms with E-state index in [1.54, 1.807) is 4.57 Å². The minimum absolute atomic E-state index is 0.0138. The zero-order valence-corrected chi connectivity index (χ0v) is 14.4. The smallest absolute Gasteiger partial charge is 0.332 e. The summed E-state index contributed by atoms with van der Waals surface area (Å²) in [6.07, 6.45) is 3.19. The van der Waals surface area contributed by atoms with E-state index in [9.17, 15) is 9.59 Å². The van der Waals surface area contributed by atoms with E-state index >= 15 is 0 Å². The fourth-order valence-corrected chi connectivity index (χ4v) is 4.26. The minimum Gasteiger partial charge on any atom is -0.376 e. The second-order valence-electron chi connectivity index (χ2n) is 6.21. The first-order valence-corrected chi connectivity index (χ1v) is 8.67. The van der Waals surface area contributed by atoms with E-state index in [4.69, 9.17) is 10.1 Å². The first-order chi connectivity index (χ1) is 11.0. The van der Waals surface area contributed by atoms with Crippen LogP contribution in [-0.2, 0) is 11.3 Å². The Morgan fingerprint density at radius 1 is 1.43 bits per heavy atom. The first-order valence-electron chi connectivity index (χ1n) is 7.86. The quantitative estimate of drug-likeness (QED) is 0.871. The molecule has 6 nitrogen and oxygen atoms in total. The van der Waals surface area contributed by atoms with Gasteiger partial charge in [0.25, 0.3) is 5.56 Å². The molecular weight excluding hydrogens is 314 g/mol. The van der Waals surface area contributed by atoms with Gasteiger partial charge in [-0.25, -0.2) is 4.79 Å². The molecule has 1 N–H and O–H groups in total. The maximum Gasteiger partial charge on any atom is 0.332 e. The summed E-state index contributed by atoms with van der Waals surface area (Å²) in [4.78, 5) is 27.0. The van der Waals surface area contributed by atoms with Crippen molar-refractivity contribution in [3.8, 4) is 0 Å². The van der Waals surface area contributed by atoms with Crippen molar-refractivity contribution < 1.29 is 4.74 Å². The van der Waals surface area contributed by atoms with Crippen molar-refractivity contribution in [2.24, 2.45) is 0 Å². The molecule has 3 heterocycles. The number of nitrogens with zero attached hydrogens (tertiary/aromatic N) is 2. The highest BCUT2D eigenvalue weighted by Crippen LogP contribution is 2.27. The molecule has 1 unspecified atom stereocenters. The third kappa shape index (κ3) is 2.57. The summed E-state index contributed by atoms with van der Waals surface area (Å²) < 4.78 is 8.64. The normalized spacial score (nSPS) is 18.2. The number of aryl methyl sites for hydroxylation is 1. The highest BCUT2D eigenvalue weighted by molar-refractivity contribution is 7.20. The zero-order valence-electron chi connectivity index (χ0n) is 13.6. The fourth-order valence-electron chi connectivity index (χ4n) is 3.13. The lowest BCUT2D eigenvalue weighted by Gasteiger charge is -2.17. The summed E-state index contributed by atoms with van der Waals surface area (Å²) in [6.45, 7) is 6.70. The van der Waals surface area contributed by atoms with Crippen LogP contribution in [0.5, 0.6) is 0 Å². The Hall–Kier alpha value is -1.73. The Morgan fingerprint density at radius 2 is 2.17 bits per heavy atom. The van der Waals surface area contributed by atoms with Crippen molar-refractivity contribution in [3.05, 3.63) is 31.3 Å². The Labute approximate surface area is 137 Å². The Balaban J connectivity index is 2.33. The molecule has 0 saturated carbocycles. The Morgan fingerprint density at radius 3 is 2.74 bits per heavy atom. The largest absolute Gasteiger partial charge is 0.376 e. The van der Waals surface area contributed by atoms with Crippen LogP contribution in [0.15, 0.2) is 9.59 Å². The molecule has 0 aromatic carbocycles. The average Bonchev–Trinajstić information content (AvgIpc) is 3.10. The van der Waals surface area contributed by atoms with E-state index in [1.807, 2.05) is 20.8 Å². The van der Waals surface area contributed by atoms with E-state index in [0.717, 1.165) is 29.9 Å². The topological polar surface area (TPSA) is 77.1 Å². The molecule has 1 saturated heterocycles. The summed E-state index contributed by atoms with van der Waals surface area (Å²) in [5, 5.41) is 8.09. The molecule has 124 valence electrons. The van der Waals surface area contributed by atoms with Gasteiger partial charge in [0.15, 0.2) is 0 Å². The molecule has 1 fully saturated rings. The van der Waals surface area contributed by atoms with Crippen LogP contribution in [0.1, 0.15) is 43.2 Å². The van der Waals surface area contributed by atoms with Gasteiger partial charge in [0.2, 0.25) is 0 Å². The summed E-state index contributed by atoms with van der Waals surface area (Å²) >= 11 is 1.33. The average molecular weight is 335 g/mol. The van der Waals surface area contributed by atoms with Crippen molar-refractivity contribution in [2.75, 3.05) is 6.61 Å². The molecule has 0 radical (unpaired) electrons. The SMILES string of the molecule is Cc1c(C=N)sc2c1c(=O)n(C(C)C)c(=O)n2CC1CCCO1. The number of hydrogen-bond donors (Lipinski definition) is 1. The lowest BCUT2D eigenvalue weighted by atomic mass is 10.2. The number of nitrogens with one attached hydrogen (secondary N) is 1. The third-order valence-electron chi connectivity index (χ3n) is 4.34. The van der Waals surface area contributed by atoms with Gasteiger partial charge in [0, 0.05) is 18.9 Å². The van der Waals surface area contributed by atoms with Gasteiger partial charge in [0.05, 0.1) is 22.9 Å². The molecular formula is C16H21N3O3S. The lowest BCUT2D eigenvalue weighted by molar-refractivity contribution is 0.0965. The van der Waals surface area contributed by atoms with E-state index in [-0.39, 0.29) is 23.4 Å². The summed E-state index contributed by atoms with van der Waals surface area (Å²) in [5.41, 5.74) is 0.233. The molecule has 2 aromatic heterocycles. The van der Waals surface area contributed by atoms with Crippen molar-refractivity contribution in [2.45, 2.75) is 52.3 Å². The van der Waals surface area contributed by atoms with E-state index in [0.29, 0.717) is 16.8 Å². The van der Waals surface area contributed by atoms with Gasteiger partial charge in [-0.3, -0.25) is 13.9 Å². The number of rotatable bonds is 4. The molecule has 1 atom stereocenters. The summed E-state index contributed by atoms with van der Waals surface area (Å²) in [5.74, 6) is 0. The van der Waals surface area contributed by atoms with Crippen molar-refractivity contribution in [1.82, 2.24) is 9.13 Å². The number of aromatic nitrogens is 2. The zero-order chi connectivity index (χ0) is 16.7. The van der Waals surface area contributed by atoms with Gasteiger partial charge < -0.3 is 10.1 Å². The second-order valence-corrected chi connectivity index (χ2v) is 7.24. The molecule has 1 aliphatic heterocycles. The highest BCUT2D eigenvalue weighted by atomic mass is 32.1. The molecule has 0 spiro atoms. The maximum atomic E-state index is 12.9. The Bertz CT molecular complexity index is 869. The molecule has 1 aliphatic rings. The van der Waals surface area contributed by atoms with Crippen LogP contribution in [0.25, 0.3) is 10.2 Å². The minimum atomic E-state index is -0.286. The van der Waals surface area contributed by atoms with Gasteiger partial charge >= 0.3 is 5.69 Å². The molecule has 23 heavy (non-hydrogen) atoms. The van der Waals surface area contributed by atoms with Gasteiger partial charge in [-0.1, -0.05) is 0 Å². The van der Waals surface area contributed by atoms with E-state index in [2.05, 4.69) is 0 Å².